The number of benzene rings is 1. The predicted molar refractivity (Wildman–Crippen MR) is 78.7 cm³/mol. The zero-order chi connectivity index (χ0) is 14.8. The van der Waals surface area contributed by atoms with Gasteiger partial charge >= 0.3 is 5.97 Å². The van der Waals surface area contributed by atoms with Crippen molar-refractivity contribution in [2.24, 2.45) is 0 Å². The largest absolute Gasteiger partial charge is 0.464 e. The second-order valence-corrected chi connectivity index (χ2v) is 5.66. The minimum Gasteiger partial charge on any atom is -0.464 e. The minimum absolute atomic E-state index is 0.168. The number of aliphatic hydroxyl groups is 1. The van der Waals surface area contributed by atoms with Gasteiger partial charge in [0.15, 0.2) is 5.60 Å². The maximum Gasteiger partial charge on any atom is 0.338 e. The summed E-state index contributed by atoms with van der Waals surface area (Å²) in [5, 5.41) is 10.9. The van der Waals surface area contributed by atoms with Crippen LogP contribution in [-0.4, -0.2) is 23.3 Å². The van der Waals surface area contributed by atoms with Gasteiger partial charge in [0.05, 0.1) is 6.61 Å². The van der Waals surface area contributed by atoms with Crippen molar-refractivity contribution in [3.05, 3.63) is 35.4 Å². The molecule has 3 unspecified atom stereocenters. The quantitative estimate of drug-likeness (QED) is 0.858. The third-order valence-corrected chi connectivity index (χ3v) is 4.54. The lowest BCUT2D eigenvalue weighted by Gasteiger charge is -2.39. The van der Waals surface area contributed by atoms with E-state index in [4.69, 9.17) is 4.74 Å². The van der Waals surface area contributed by atoms with E-state index in [0.717, 1.165) is 18.4 Å². The number of hydrogen-bond donors (Lipinski definition) is 1. The summed E-state index contributed by atoms with van der Waals surface area (Å²) in [5.41, 5.74) is 0.940. The van der Waals surface area contributed by atoms with Crippen LogP contribution < -0.4 is 0 Å². The summed E-state index contributed by atoms with van der Waals surface area (Å²) in [4.78, 5) is 12.2. The Morgan fingerprint density at radius 1 is 1.30 bits per heavy atom. The highest BCUT2D eigenvalue weighted by molar-refractivity contribution is 5.81. The average molecular weight is 276 g/mol. The van der Waals surface area contributed by atoms with Crippen LogP contribution in [0.2, 0.25) is 0 Å². The third kappa shape index (κ3) is 2.47. The molecule has 1 aliphatic carbocycles. The molecular formula is C17H24O3. The van der Waals surface area contributed by atoms with Crippen molar-refractivity contribution in [1.29, 1.82) is 0 Å². The Labute approximate surface area is 121 Å². The highest BCUT2D eigenvalue weighted by Crippen LogP contribution is 2.45. The van der Waals surface area contributed by atoms with E-state index in [1.807, 2.05) is 25.1 Å². The Morgan fingerprint density at radius 3 is 2.55 bits per heavy atom. The SMILES string of the molecule is CCOC(=O)C(O)(CC)C1CCC(C)c2ccccc21. The summed E-state index contributed by atoms with van der Waals surface area (Å²) in [5.74, 6) is -0.179. The minimum atomic E-state index is -1.41. The summed E-state index contributed by atoms with van der Waals surface area (Å²) in [6.45, 7) is 6.11. The molecule has 0 saturated carbocycles. The fourth-order valence-electron chi connectivity index (χ4n) is 3.29. The average Bonchev–Trinajstić information content (AvgIpc) is 2.47. The van der Waals surface area contributed by atoms with E-state index in [0.29, 0.717) is 18.9 Å². The van der Waals surface area contributed by atoms with Crippen molar-refractivity contribution >= 4 is 5.97 Å². The van der Waals surface area contributed by atoms with E-state index in [1.165, 1.54) is 5.56 Å². The highest BCUT2D eigenvalue weighted by Gasteiger charge is 2.46. The van der Waals surface area contributed by atoms with Gasteiger partial charge in [-0.15, -0.1) is 0 Å². The van der Waals surface area contributed by atoms with E-state index in [9.17, 15) is 9.90 Å². The number of ether oxygens (including phenoxy) is 1. The Balaban J connectivity index is 2.41. The fraction of sp³-hybridized carbons (Fsp3) is 0.588. The smallest absolute Gasteiger partial charge is 0.338 e. The normalized spacial score (nSPS) is 24.6. The van der Waals surface area contributed by atoms with E-state index < -0.39 is 11.6 Å². The van der Waals surface area contributed by atoms with Crippen LogP contribution in [0.4, 0.5) is 0 Å². The van der Waals surface area contributed by atoms with E-state index in [1.54, 1.807) is 6.92 Å². The molecule has 0 spiro atoms. The molecule has 110 valence electrons. The lowest BCUT2D eigenvalue weighted by atomic mass is 9.69. The Morgan fingerprint density at radius 2 is 1.95 bits per heavy atom. The van der Waals surface area contributed by atoms with Crippen LogP contribution in [0.1, 0.15) is 63.0 Å². The second-order valence-electron chi connectivity index (χ2n) is 5.66. The first-order chi connectivity index (χ1) is 9.54. The van der Waals surface area contributed by atoms with Gasteiger partial charge in [-0.25, -0.2) is 4.79 Å². The van der Waals surface area contributed by atoms with E-state index in [-0.39, 0.29) is 5.92 Å². The topological polar surface area (TPSA) is 46.5 Å². The molecule has 0 bridgehead atoms. The monoisotopic (exact) mass is 276 g/mol. The standard InChI is InChI=1S/C17H24O3/c1-4-17(19,16(18)20-5-2)15-11-10-12(3)13-8-6-7-9-14(13)15/h6-9,12,15,19H,4-5,10-11H2,1-3H3. The molecule has 3 nitrogen and oxygen atoms in total. The van der Waals surface area contributed by atoms with Gasteiger partial charge in [0, 0.05) is 5.92 Å². The van der Waals surface area contributed by atoms with Crippen molar-refractivity contribution in [3.8, 4) is 0 Å². The second kappa shape index (κ2) is 5.96. The first-order valence-corrected chi connectivity index (χ1v) is 7.53. The van der Waals surface area contributed by atoms with Crippen molar-refractivity contribution in [2.45, 2.75) is 57.5 Å². The van der Waals surface area contributed by atoms with E-state index in [2.05, 4.69) is 13.0 Å². The molecule has 1 aromatic rings. The van der Waals surface area contributed by atoms with Gasteiger partial charge in [-0.1, -0.05) is 38.1 Å². The van der Waals surface area contributed by atoms with Crippen LogP contribution >= 0.6 is 0 Å². The molecule has 2 rings (SSSR count). The molecule has 0 heterocycles. The Kier molecular flexibility index (Phi) is 4.48. The van der Waals surface area contributed by atoms with Gasteiger partial charge in [-0.2, -0.15) is 0 Å². The molecule has 1 N–H and O–H groups in total. The highest BCUT2D eigenvalue weighted by atomic mass is 16.5. The zero-order valence-electron chi connectivity index (χ0n) is 12.6. The first kappa shape index (κ1) is 15.0. The first-order valence-electron chi connectivity index (χ1n) is 7.53. The van der Waals surface area contributed by atoms with Crippen LogP contribution in [0.25, 0.3) is 0 Å². The predicted octanol–water partition coefficient (Wildman–Crippen LogP) is 3.37. The summed E-state index contributed by atoms with van der Waals surface area (Å²) in [7, 11) is 0. The molecule has 0 radical (unpaired) electrons. The van der Waals surface area contributed by atoms with Crippen LogP contribution in [0, 0.1) is 0 Å². The Hall–Kier alpha value is -1.35. The van der Waals surface area contributed by atoms with Crippen LogP contribution in [0.5, 0.6) is 0 Å². The summed E-state index contributed by atoms with van der Waals surface area (Å²) in [6.07, 6.45) is 2.18. The summed E-state index contributed by atoms with van der Waals surface area (Å²) >= 11 is 0. The molecule has 1 aliphatic rings. The third-order valence-electron chi connectivity index (χ3n) is 4.54. The van der Waals surface area contributed by atoms with Gasteiger partial charge in [0.2, 0.25) is 0 Å². The van der Waals surface area contributed by atoms with Gasteiger partial charge < -0.3 is 9.84 Å². The van der Waals surface area contributed by atoms with Crippen molar-refractivity contribution in [1.82, 2.24) is 0 Å². The number of esters is 1. The van der Waals surface area contributed by atoms with Gasteiger partial charge in [0.25, 0.3) is 0 Å². The maximum atomic E-state index is 12.2. The number of carbonyl (C=O) groups is 1. The molecule has 0 saturated heterocycles. The van der Waals surface area contributed by atoms with Crippen LogP contribution in [0.15, 0.2) is 24.3 Å². The molecule has 0 aromatic heterocycles. The van der Waals surface area contributed by atoms with Crippen LogP contribution in [-0.2, 0) is 9.53 Å². The molecule has 1 aromatic carbocycles. The number of carbonyl (C=O) groups excluding carboxylic acids is 1. The molecular weight excluding hydrogens is 252 g/mol. The molecule has 0 fully saturated rings. The number of hydrogen-bond acceptors (Lipinski definition) is 3. The molecule has 3 atom stereocenters. The van der Waals surface area contributed by atoms with Crippen molar-refractivity contribution in [2.75, 3.05) is 6.61 Å². The molecule has 0 amide bonds. The van der Waals surface area contributed by atoms with Crippen molar-refractivity contribution in [3.63, 3.8) is 0 Å². The number of fused-ring (bicyclic) bond motifs is 1. The Bertz CT molecular complexity index is 483. The fourth-order valence-corrected chi connectivity index (χ4v) is 3.29. The van der Waals surface area contributed by atoms with Crippen LogP contribution in [0.3, 0.4) is 0 Å². The summed E-state index contributed by atoms with van der Waals surface area (Å²) in [6, 6.07) is 8.14. The lowest BCUT2D eigenvalue weighted by molar-refractivity contribution is -0.168. The zero-order valence-corrected chi connectivity index (χ0v) is 12.6. The molecule has 0 aliphatic heterocycles. The van der Waals surface area contributed by atoms with Crippen molar-refractivity contribution < 1.29 is 14.6 Å². The lowest BCUT2D eigenvalue weighted by Crippen LogP contribution is -2.46. The maximum absolute atomic E-state index is 12.2. The van der Waals surface area contributed by atoms with Gasteiger partial charge in [-0.05, 0) is 43.2 Å². The molecule has 20 heavy (non-hydrogen) atoms. The number of rotatable bonds is 4. The molecule has 3 heteroatoms. The van der Waals surface area contributed by atoms with Gasteiger partial charge in [0.1, 0.15) is 0 Å². The van der Waals surface area contributed by atoms with E-state index >= 15 is 0 Å². The van der Waals surface area contributed by atoms with Gasteiger partial charge in [-0.3, -0.25) is 0 Å². The summed E-state index contributed by atoms with van der Waals surface area (Å²) < 4.78 is 5.10.